The van der Waals surface area contributed by atoms with Gasteiger partial charge in [-0.3, -0.25) is 14.5 Å². The molecule has 6 nitrogen and oxygen atoms in total. The van der Waals surface area contributed by atoms with E-state index in [-0.39, 0.29) is 17.6 Å². The number of aliphatic hydroxyl groups excluding tert-OH is 1. The first-order valence-corrected chi connectivity index (χ1v) is 7.78. The maximum atomic E-state index is 12.9. The number of nitrogens with zero attached hydrogens (tertiary/aromatic N) is 2. The number of aliphatic hydroxyl groups is 1. The van der Waals surface area contributed by atoms with Gasteiger partial charge in [0, 0.05) is 13.5 Å². The summed E-state index contributed by atoms with van der Waals surface area (Å²) in [5.74, 6) is -0.618. The number of hydrogen-bond acceptors (Lipinski definition) is 5. The second kappa shape index (κ2) is 4.64. The number of benzene rings is 1. The summed E-state index contributed by atoms with van der Waals surface area (Å²) >= 11 is 1.12. The highest BCUT2D eigenvalue weighted by Gasteiger charge is 2.57. The van der Waals surface area contributed by atoms with E-state index in [9.17, 15) is 19.8 Å². The first kappa shape index (κ1) is 14.2. The number of carbonyl (C=O) groups is 2. The smallest absolute Gasteiger partial charge is 0.266 e. The molecule has 1 aromatic rings. The summed E-state index contributed by atoms with van der Waals surface area (Å²) in [6, 6.07) is 4.35. The van der Waals surface area contributed by atoms with Gasteiger partial charge in [-0.05, 0) is 17.9 Å². The Bertz CT molecular complexity index is 629. The molecule has 7 heteroatoms. The van der Waals surface area contributed by atoms with E-state index in [1.165, 1.54) is 22.9 Å². The molecule has 2 amide bonds. The van der Waals surface area contributed by atoms with E-state index in [1.807, 2.05) is 0 Å². The number of phenols is 1. The maximum absolute atomic E-state index is 12.9. The number of rotatable bonds is 2. The highest BCUT2D eigenvalue weighted by Crippen LogP contribution is 2.46. The lowest BCUT2D eigenvalue weighted by molar-refractivity contribution is -0.147. The van der Waals surface area contributed by atoms with Crippen LogP contribution in [0.15, 0.2) is 18.2 Å². The Morgan fingerprint density at radius 3 is 2.76 bits per heavy atom. The van der Waals surface area contributed by atoms with Gasteiger partial charge in [-0.2, -0.15) is 0 Å². The summed E-state index contributed by atoms with van der Waals surface area (Å²) in [5.41, 5.74) is 1.16. The fraction of sp³-hybridized carbons (Fsp3) is 0.429. The van der Waals surface area contributed by atoms with Crippen molar-refractivity contribution in [3.63, 3.8) is 0 Å². The van der Waals surface area contributed by atoms with Gasteiger partial charge >= 0.3 is 0 Å². The molecule has 0 aliphatic carbocycles. The third-order valence-corrected chi connectivity index (χ3v) is 5.58. The highest BCUT2D eigenvalue weighted by atomic mass is 32.2. The Balaban J connectivity index is 2.17. The summed E-state index contributed by atoms with van der Waals surface area (Å²) in [6.07, 6.45) is 2.06. The average Bonchev–Trinajstić information content (AvgIpc) is 2.88. The quantitative estimate of drug-likeness (QED) is 0.814. The molecule has 0 radical (unpaired) electrons. The number of thioether (sulfide) groups is 1. The van der Waals surface area contributed by atoms with Crippen molar-refractivity contribution in [2.75, 3.05) is 24.8 Å². The van der Waals surface area contributed by atoms with E-state index in [4.69, 9.17) is 0 Å². The second-order valence-corrected chi connectivity index (χ2v) is 6.31. The number of para-hydroxylation sites is 1. The largest absolute Gasteiger partial charge is 0.506 e. The van der Waals surface area contributed by atoms with Crippen LogP contribution >= 0.6 is 11.8 Å². The first-order chi connectivity index (χ1) is 9.97. The lowest BCUT2D eigenvalue weighted by Crippen LogP contribution is -2.70. The van der Waals surface area contributed by atoms with Crippen molar-refractivity contribution in [3.8, 4) is 5.75 Å². The van der Waals surface area contributed by atoms with Crippen LogP contribution in [0.3, 0.4) is 0 Å². The molecule has 3 rings (SSSR count). The number of hydrogen-bond donors (Lipinski definition) is 2. The molecule has 0 spiro atoms. The van der Waals surface area contributed by atoms with Crippen molar-refractivity contribution in [3.05, 3.63) is 23.8 Å². The predicted octanol–water partition coefficient (Wildman–Crippen LogP) is 0.173. The number of piperazine rings is 1. The van der Waals surface area contributed by atoms with E-state index in [2.05, 4.69) is 0 Å². The number of likely N-dealkylation sites (N-methyl/N-ethyl adjacent to an activating group) is 1. The summed E-state index contributed by atoms with van der Waals surface area (Å²) in [5, 5.41) is 19.8. The summed E-state index contributed by atoms with van der Waals surface area (Å²) in [6.45, 7) is -0.471. The summed E-state index contributed by atoms with van der Waals surface area (Å²) < 4.78 is 0. The van der Waals surface area contributed by atoms with Crippen LogP contribution in [0.25, 0.3) is 0 Å². The Hall–Kier alpha value is -1.73. The van der Waals surface area contributed by atoms with Gasteiger partial charge in [-0.1, -0.05) is 12.1 Å². The molecule has 2 aliphatic heterocycles. The fourth-order valence-corrected chi connectivity index (χ4v) is 3.88. The van der Waals surface area contributed by atoms with Crippen LogP contribution in [0.1, 0.15) is 5.56 Å². The van der Waals surface area contributed by atoms with Crippen LogP contribution in [-0.2, 0) is 16.0 Å². The van der Waals surface area contributed by atoms with Gasteiger partial charge < -0.3 is 15.1 Å². The molecule has 21 heavy (non-hydrogen) atoms. The number of anilines is 1. The molecule has 1 aromatic carbocycles. The molecule has 2 N–H and O–H groups in total. The average molecular weight is 308 g/mol. The minimum atomic E-state index is -1.34. The highest BCUT2D eigenvalue weighted by molar-refractivity contribution is 8.00. The van der Waals surface area contributed by atoms with Crippen molar-refractivity contribution in [1.29, 1.82) is 0 Å². The third kappa shape index (κ3) is 1.64. The zero-order chi connectivity index (χ0) is 15.4. The van der Waals surface area contributed by atoms with Gasteiger partial charge in [0.1, 0.15) is 11.8 Å². The molecule has 0 aromatic heterocycles. The Labute approximate surface area is 126 Å². The van der Waals surface area contributed by atoms with Crippen molar-refractivity contribution in [2.24, 2.45) is 0 Å². The molecular formula is C14H16N2O4S. The fourth-order valence-electron chi connectivity index (χ4n) is 3.11. The van der Waals surface area contributed by atoms with Crippen LogP contribution in [0.4, 0.5) is 5.69 Å². The molecule has 2 atom stereocenters. The van der Waals surface area contributed by atoms with Gasteiger partial charge in [-0.15, -0.1) is 11.8 Å². The monoisotopic (exact) mass is 308 g/mol. The van der Waals surface area contributed by atoms with E-state index in [0.717, 1.165) is 17.3 Å². The third-order valence-electron chi connectivity index (χ3n) is 4.33. The Kier molecular flexibility index (Phi) is 3.14. The van der Waals surface area contributed by atoms with E-state index in [0.29, 0.717) is 12.1 Å². The van der Waals surface area contributed by atoms with E-state index >= 15 is 0 Å². The SMILES string of the molecule is CS[C@@]1(CO)C(=O)N2c3c(O)cccc3C[C@H]2C(=O)N1C. The number of phenolic OH excluding ortho intramolecular Hbond substituents is 1. The van der Waals surface area contributed by atoms with Gasteiger partial charge in [0.25, 0.3) is 5.91 Å². The number of fused-ring (bicyclic) bond motifs is 3. The standard InChI is InChI=1S/C14H16N2O4S/c1-15-12(19)9-6-8-4-3-5-10(18)11(8)16(9)13(20)14(15,7-17)21-2/h3-5,9,17-18H,6-7H2,1-2H3/t9-,14-/m0/s1. The van der Waals surface area contributed by atoms with Crippen molar-refractivity contribution in [1.82, 2.24) is 4.90 Å². The minimum absolute atomic E-state index is 0.0198. The van der Waals surface area contributed by atoms with Gasteiger partial charge in [0.15, 0.2) is 4.87 Å². The van der Waals surface area contributed by atoms with Crippen molar-refractivity contribution < 1.29 is 19.8 Å². The van der Waals surface area contributed by atoms with Gasteiger partial charge in [0.2, 0.25) is 5.91 Å². The zero-order valence-corrected chi connectivity index (χ0v) is 12.6. The molecule has 1 saturated heterocycles. The first-order valence-electron chi connectivity index (χ1n) is 6.56. The van der Waals surface area contributed by atoms with Crippen molar-refractivity contribution >= 4 is 29.3 Å². The molecular weight excluding hydrogens is 292 g/mol. The topological polar surface area (TPSA) is 81.1 Å². The molecule has 0 bridgehead atoms. The normalized spacial score (nSPS) is 27.9. The van der Waals surface area contributed by atoms with Crippen LogP contribution in [0.2, 0.25) is 0 Å². The number of aromatic hydroxyl groups is 1. The molecule has 112 valence electrons. The van der Waals surface area contributed by atoms with Crippen LogP contribution in [0.5, 0.6) is 5.75 Å². The van der Waals surface area contributed by atoms with E-state index in [1.54, 1.807) is 18.4 Å². The minimum Gasteiger partial charge on any atom is -0.506 e. The summed E-state index contributed by atoms with van der Waals surface area (Å²) in [4.78, 5) is 26.8. The Morgan fingerprint density at radius 2 is 2.14 bits per heavy atom. The second-order valence-electron chi connectivity index (χ2n) is 5.22. The molecule has 1 fully saturated rings. The number of amides is 2. The zero-order valence-electron chi connectivity index (χ0n) is 11.7. The molecule has 0 saturated carbocycles. The maximum Gasteiger partial charge on any atom is 0.266 e. The summed E-state index contributed by atoms with van der Waals surface area (Å²) in [7, 11) is 1.53. The van der Waals surface area contributed by atoms with Crippen LogP contribution in [0, 0.1) is 0 Å². The van der Waals surface area contributed by atoms with Crippen LogP contribution < -0.4 is 4.90 Å². The Morgan fingerprint density at radius 1 is 1.43 bits per heavy atom. The van der Waals surface area contributed by atoms with Crippen LogP contribution in [-0.4, -0.2) is 57.8 Å². The number of carbonyl (C=O) groups excluding carboxylic acids is 2. The molecule has 2 aliphatic rings. The molecule has 2 heterocycles. The molecule has 0 unspecified atom stereocenters. The lowest BCUT2D eigenvalue weighted by atomic mass is 10.0. The van der Waals surface area contributed by atoms with Gasteiger partial charge in [-0.25, -0.2) is 0 Å². The predicted molar refractivity (Wildman–Crippen MR) is 79.2 cm³/mol. The lowest BCUT2D eigenvalue weighted by Gasteiger charge is -2.47. The van der Waals surface area contributed by atoms with E-state index < -0.39 is 17.5 Å². The van der Waals surface area contributed by atoms with Crippen molar-refractivity contribution in [2.45, 2.75) is 17.3 Å². The van der Waals surface area contributed by atoms with Gasteiger partial charge in [0.05, 0.1) is 12.3 Å².